The molecule has 0 saturated carbocycles. The monoisotopic (exact) mass is 434 g/mol. The minimum atomic E-state index is -3.99. The lowest BCUT2D eigenvalue weighted by atomic mass is 10.1. The minimum absolute atomic E-state index is 0.219. The molecule has 0 aromatic heterocycles. The molecular formula is C23H50N2O3S. The lowest BCUT2D eigenvalue weighted by Gasteiger charge is -2.39. The first kappa shape index (κ1) is 28.8. The van der Waals surface area contributed by atoms with Crippen LogP contribution in [0.1, 0.15) is 98.3 Å². The van der Waals surface area contributed by atoms with Crippen molar-refractivity contribution in [3.05, 3.63) is 0 Å². The Kier molecular flexibility index (Phi) is 17.4. The maximum atomic E-state index is 10.2. The summed E-state index contributed by atoms with van der Waals surface area (Å²) < 4.78 is 32.1. The van der Waals surface area contributed by atoms with Gasteiger partial charge in [-0.25, -0.2) is 8.42 Å². The van der Waals surface area contributed by atoms with E-state index in [2.05, 4.69) is 32.6 Å². The summed E-state index contributed by atoms with van der Waals surface area (Å²) in [5, 5.41) is 0. The van der Waals surface area contributed by atoms with Gasteiger partial charge in [-0.15, -0.1) is 0 Å². The first-order valence-corrected chi connectivity index (χ1v) is 13.9. The van der Waals surface area contributed by atoms with Gasteiger partial charge in [0.1, 0.15) is 0 Å². The van der Waals surface area contributed by atoms with Crippen molar-refractivity contribution in [2.45, 2.75) is 98.3 Å². The van der Waals surface area contributed by atoms with Gasteiger partial charge in [0.25, 0.3) is 0 Å². The van der Waals surface area contributed by atoms with Crippen LogP contribution in [-0.4, -0.2) is 73.9 Å². The Morgan fingerprint density at radius 2 is 1.10 bits per heavy atom. The van der Waals surface area contributed by atoms with Crippen molar-refractivity contribution >= 4 is 10.1 Å². The van der Waals surface area contributed by atoms with Crippen LogP contribution in [0.4, 0.5) is 0 Å². The summed E-state index contributed by atoms with van der Waals surface area (Å²) in [6, 6.07) is 0. The van der Waals surface area contributed by atoms with Crippen molar-refractivity contribution in [3.63, 3.8) is 0 Å². The normalized spacial score (nSPS) is 15.3. The zero-order valence-electron chi connectivity index (χ0n) is 20.0. The molecule has 5 nitrogen and oxygen atoms in total. The molecule has 6 heteroatoms. The Hall–Kier alpha value is -0.170. The molecule has 0 bridgehead atoms. The van der Waals surface area contributed by atoms with Crippen LogP contribution in [0, 0.1) is 0 Å². The van der Waals surface area contributed by atoms with Gasteiger partial charge in [0.05, 0.1) is 36.3 Å². The van der Waals surface area contributed by atoms with E-state index in [1.54, 1.807) is 0 Å². The Morgan fingerprint density at radius 1 is 0.724 bits per heavy atom. The van der Waals surface area contributed by atoms with Gasteiger partial charge in [-0.2, -0.15) is 0 Å². The van der Waals surface area contributed by atoms with Crippen molar-refractivity contribution < 1.29 is 17.5 Å². The number of unbranched alkanes of at least 4 members (excludes halogenated alkanes) is 4. The molecule has 0 aliphatic carbocycles. The molecule has 1 rings (SSSR count). The largest absolute Gasteiger partial charge is 0.748 e. The topological polar surface area (TPSA) is 60.4 Å². The number of nitrogens with zero attached hydrogens (tertiary/aromatic N) is 2. The molecule has 0 N–H and O–H groups in total. The van der Waals surface area contributed by atoms with E-state index in [1.807, 2.05) is 0 Å². The molecule has 29 heavy (non-hydrogen) atoms. The van der Waals surface area contributed by atoms with E-state index in [0.29, 0.717) is 6.42 Å². The van der Waals surface area contributed by atoms with E-state index in [9.17, 15) is 13.0 Å². The van der Waals surface area contributed by atoms with Gasteiger partial charge in [0.2, 0.25) is 0 Å². The van der Waals surface area contributed by atoms with Gasteiger partial charge in [-0.1, -0.05) is 53.4 Å². The van der Waals surface area contributed by atoms with Crippen molar-refractivity contribution in [2.75, 3.05) is 51.6 Å². The van der Waals surface area contributed by atoms with E-state index in [-0.39, 0.29) is 5.75 Å². The second-order valence-electron chi connectivity index (χ2n) is 8.81. The summed E-state index contributed by atoms with van der Waals surface area (Å²) in [4.78, 5) is 2.20. The van der Waals surface area contributed by atoms with Crippen molar-refractivity contribution in [3.8, 4) is 0 Å². The molecule has 0 radical (unpaired) electrons. The van der Waals surface area contributed by atoms with Gasteiger partial charge in [0.15, 0.2) is 0 Å². The molecule has 0 spiro atoms. The Labute approximate surface area is 182 Å². The number of rotatable bonds is 16. The summed E-state index contributed by atoms with van der Waals surface area (Å²) in [7, 11) is -3.99. The van der Waals surface area contributed by atoms with Crippen molar-refractivity contribution in [1.82, 2.24) is 4.90 Å². The molecule has 0 amide bonds. The summed E-state index contributed by atoms with van der Waals surface area (Å²) >= 11 is 0. The SMILES string of the molecule is CCCC[N+](CCCC)(CCCC)CCCC.O=S(=O)([O-])CCCN1CCCC1. The Morgan fingerprint density at radius 3 is 1.41 bits per heavy atom. The molecule has 1 fully saturated rings. The fourth-order valence-electron chi connectivity index (χ4n) is 4.12. The molecule has 0 aromatic carbocycles. The van der Waals surface area contributed by atoms with Crippen molar-refractivity contribution in [1.29, 1.82) is 0 Å². The molecule has 1 aliphatic heterocycles. The van der Waals surface area contributed by atoms with E-state index in [0.717, 1.165) is 19.6 Å². The molecule has 0 atom stereocenters. The van der Waals surface area contributed by atoms with Crippen LogP contribution in [0.25, 0.3) is 0 Å². The van der Waals surface area contributed by atoms with Gasteiger partial charge in [-0.3, -0.25) is 0 Å². The van der Waals surface area contributed by atoms with Gasteiger partial charge in [0, 0.05) is 5.75 Å². The highest BCUT2D eigenvalue weighted by molar-refractivity contribution is 7.85. The molecule has 0 aromatic rings. The fraction of sp³-hybridized carbons (Fsp3) is 1.00. The Balaban J connectivity index is 0.000000571. The zero-order chi connectivity index (χ0) is 22.0. The summed E-state index contributed by atoms with van der Waals surface area (Å²) in [6.45, 7) is 17.9. The average Bonchev–Trinajstić information content (AvgIpc) is 3.20. The third-order valence-electron chi connectivity index (χ3n) is 6.01. The third-order valence-corrected chi connectivity index (χ3v) is 6.80. The average molecular weight is 435 g/mol. The fourth-order valence-corrected chi connectivity index (χ4v) is 4.60. The third kappa shape index (κ3) is 16.2. The van der Waals surface area contributed by atoms with E-state index < -0.39 is 10.1 Å². The van der Waals surface area contributed by atoms with Crippen LogP contribution in [0.3, 0.4) is 0 Å². The van der Waals surface area contributed by atoms with Crippen LogP contribution in [-0.2, 0) is 10.1 Å². The van der Waals surface area contributed by atoms with Gasteiger partial charge >= 0.3 is 0 Å². The van der Waals surface area contributed by atoms with Crippen molar-refractivity contribution in [2.24, 2.45) is 0 Å². The second kappa shape index (κ2) is 17.5. The lowest BCUT2D eigenvalue weighted by molar-refractivity contribution is -0.929. The van der Waals surface area contributed by atoms with Crippen LogP contribution in [0.15, 0.2) is 0 Å². The van der Waals surface area contributed by atoms with E-state index in [1.165, 1.54) is 94.9 Å². The number of likely N-dealkylation sites (tertiary alicyclic amines) is 1. The lowest BCUT2D eigenvalue weighted by Crippen LogP contribution is -2.50. The molecule has 0 unspecified atom stereocenters. The first-order valence-electron chi connectivity index (χ1n) is 12.3. The summed E-state index contributed by atoms with van der Waals surface area (Å²) in [6.07, 6.45) is 13.9. The summed E-state index contributed by atoms with van der Waals surface area (Å²) in [5.41, 5.74) is 0. The first-order chi connectivity index (χ1) is 13.8. The maximum Gasteiger partial charge on any atom is 0.0946 e. The highest BCUT2D eigenvalue weighted by Gasteiger charge is 2.24. The maximum absolute atomic E-state index is 10.2. The smallest absolute Gasteiger partial charge is 0.0946 e. The minimum Gasteiger partial charge on any atom is -0.748 e. The predicted octanol–water partition coefficient (Wildman–Crippen LogP) is 5.02. The van der Waals surface area contributed by atoms with Crippen LogP contribution >= 0.6 is 0 Å². The van der Waals surface area contributed by atoms with E-state index in [4.69, 9.17) is 0 Å². The Bertz CT molecular complexity index is 425. The van der Waals surface area contributed by atoms with Crippen LogP contribution in [0.5, 0.6) is 0 Å². The standard InChI is InChI=1S/C16H36N.C7H15NO3S/c1-5-9-13-17(14-10-6-2,15-11-7-3)16-12-8-4;9-12(10,11)7-3-6-8-4-1-2-5-8/h5-16H2,1-4H3;1-7H2,(H,9,10,11)/q+1;/p-1. The number of quaternary nitrogens is 1. The molecule has 1 aliphatic rings. The molecule has 1 saturated heterocycles. The number of hydrogen-bond donors (Lipinski definition) is 0. The second-order valence-corrected chi connectivity index (χ2v) is 10.3. The molecule has 1 heterocycles. The number of hydrogen-bond acceptors (Lipinski definition) is 4. The summed E-state index contributed by atoms with van der Waals surface area (Å²) in [5.74, 6) is -0.219. The molecule has 176 valence electrons. The quantitative estimate of drug-likeness (QED) is 0.253. The highest BCUT2D eigenvalue weighted by atomic mass is 32.2. The predicted molar refractivity (Wildman–Crippen MR) is 124 cm³/mol. The van der Waals surface area contributed by atoms with Crippen LogP contribution < -0.4 is 0 Å². The van der Waals surface area contributed by atoms with Gasteiger partial charge in [-0.05, 0) is 64.6 Å². The zero-order valence-corrected chi connectivity index (χ0v) is 20.8. The highest BCUT2D eigenvalue weighted by Crippen LogP contribution is 2.16. The van der Waals surface area contributed by atoms with E-state index >= 15 is 0 Å². The van der Waals surface area contributed by atoms with Crippen LogP contribution in [0.2, 0.25) is 0 Å². The van der Waals surface area contributed by atoms with Gasteiger partial charge < -0.3 is 13.9 Å². The molecular weight excluding hydrogens is 384 g/mol.